The largest absolute Gasteiger partial charge is 0.507 e. The summed E-state index contributed by atoms with van der Waals surface area (Å²) in [7, 11) is 2.78. The van der Waals surface area contributed by atoms with Crippen molar-refractivity contribution >= 4 is 17.8 Å². The first-order valence-electron chi connectivity index (χ1n) is 9.04. The molecule has 0 saturated carbocycles. The van der Waals surface area contributed by atoms with E-state index in [0.717, 1.165) is 0 Å². The number of Topliss-reactive ketones (excluding diaryl/α,β-unsaturated/α-hetero) is 1. The monoisotopic (exact) mass is 394 g/mol. The Morgan fingerprint density at radius 2 is 1.89 bits per heavy atom. The number of cyclic esters (lactones) is 1. The van der Waals surface area contributed by atoms with E-state index in [4.69, 9.17) is 14.2 Å². The fourth-order valence-corrected chi connectivity index (χ4v) is 3.06. The molecule has 0 saturated heterocycles. The number of ketones is 1. The van der Waals surface area contributed by atoms with Crippen LogP contribution in [0, 0.1) is 0 Å². The Balaban J connectivity index is 2.55. The van der Waals surface area contributed by atoms with E-state index in [2.05, 4.69) is 0 Å². The standard InChI is InChI=1S/C20H26O8/c1-11-6-4-8-13(21)18(24)14(22)9-5-7-12-17(20(25)28-11)15(23)10-16(26-2)19(12)27-3/h5,7,10-11,14,18,22-24H,4,6,8-9H2,1-3H3/b7-5+/t11-,14+,18+/m0/s1. The molecule has 0 fully saturated rings. The number of aromatic hydroxyl groups is 1. The predicted octanol–water partition coefficient (Wildman–Crippen LogP) is 1.83. The van der Waals surface area contributed by atoms with Gasteiger partial charge in [0, 0.05) is 18.1 Å². The molecule has 1 aromatic rings. The van der Waals surface area contributed by atoms with Crippen molar-refractivity contribution in [2.75, 3.05) is 14.2 Å². The average molecular weight is 394 g/mol. The van der Waals surface area contributed by atoms with Gasteiger partial charge in [0.05, 0.1) is 26.4 Å². The lowest BCUT2D eigenvalue weighted by Gasteiger charge is -2.20. The molecule has 0 spiro atoms. The minimum absolute atomic E-state index is 0.0427. The molecule has 0 bridgehead atoms. The number of benzene rings is 1. The molecule has 1 aromatic carbocycles. The van der Waals surface area contributed by atoms with Gasteiger partial charge in [-0.2, -0.15) is 0 Å². The molecule has 2 rings (SSSR count). The van der Waals surface area contributed by atoms with Crippen LogP contribution in [-0.4, -0.2) is 59.6 Å². The molecule has 0 radical (unpaired) electrons. The predicted molar refractivity (Wildman–Crippen MR) is 101 cm³/mol. The number of methoxy groups -OCH3 is 2. The summed E-state index contributed by atoms with van der Waals surface area (Å²) < 4.78 is 15.9. The van der Waals surface area contributed by atoms with Crippen molar-refractivity contribution in [2.24, 2.45) is 0 Å². The third-order valence-corrected chi connectivity index (χ3v) is 4.59. The van der Waals surface area contributed by atoms with Crippen molar-refractivity contribution in [3.63, 3.8) is 0 Å². The van der Waals surface area contributed by atoms with Crippen LogP contribution in [0.3, 0.4) is 0 Å². The molecule has 1 heterocycles. The minimum atomic E-state index is -1.49. The van der Waals surface area contributed by atoms with Gasteiger partial charge in [-0.05, 0) is 26.2 Å². The highest BCUT2D eigenvalue weighted by Crippen LogP contribution is 2.40. The molecule has 28 heavy (non-hydrogen) atoms. The zero-order valence-electron chi connectivity index (χ0n) is 16.2. The number of carbonyl (C=O) groups excluding carboxylic acids is 2. The Morgan fingerprint density at radius 3 is 2.54 bits per heavy atom. The maximum Gasteiger partial charge on any atom is 0.342 e. The third-order valence-electron chi connectivity index (χ3n) is 4.59. The molecule has 3 N–H and O–H groups in total. The molecule has 8 nitrogen and oxygen atoms in total. The molecule has 3 atom stereocenters. The van der Waals surface area contributed by atoms with Crippen LogP contribution in [0.5, 0.6) is 17.2 Å². The second-order valence-electron chi connectivity index (χ2n) is 6.64. The molecule has 154 valence electrons. The van der Waals surface area contributed by atoms with E-state index in [1.165, 1.54) is 32.4 Å². The first-order chi connectivity index (χ1) is 13.3. The maximum atomic E-state index is 12.7. The second-order valence-corrected chi connectivity index (χ2v) is 6.64. The lowest BCUT2D eigenvalue weighted by molar-refractivity contribution is -0.132. The molecule has 8 heteroatoms. The van der Waals surface area contributed by atoms with Crippen molar-refractivity contribution in [3.05, 3.63) is 23.3 Å². The van der Waals surface area contributed by atoms with Gasteiger partial charge in [-0.1, -0.05) is 12.2 Å². The van der Waals surface area contributed by atoms with Crippen LogP contribution in [0.1, 0.15) is 48.5 Å². The lowest BCUT2D eigenvalue weighted by Crippen LogP contribution is -2.33. The Kier molecular flexibility index (Phi) is 7.42. The summed E-state index contributed by atoms with van der Waals surface area (Å²) in [6.07, 6.45) is 0.426. The van der Waals surface area contributed by atoms with Gasteiger partial charge < -0.3 is 29.5 Å². The number of phenols is 1. The average Bonchev–Trinajstić information content (AvgIpc) is 2.65. The lowest BCUT2D eigenvalue weighted by atomic mass is 9.99. The van der Waals surface area contributed by atoms with Crippen LogP contribution in [0.15, 0.2) is 12.1 Å². The van der Waals surface area contributed by atoms with Gasteiger partial charge in [-0.15, -0.1) is 0 Å². The number of phenolic OH excluding ortho intramolecular Hbond substituents is 1. The van der Waals surface area contributed by atoms with Crippen LogP contribution in [-0.2, 0) is 9.53 Å². The number of rotatable bonds is 2. The number of ether oxygens (including phenoxy) is 3. The van der Waals surface area contributed by atoms with Crippen molar-refractivity contribution in [2.45, 2.75) is 50.9 Å². The Labute approximate surface area is 163 Å². The summed E-state index contributed by atoms with van der Waals surface area (Å²) in [5.41, 5.74) is 0.116. The van der Waals surface area contributed by atoms with Gasteiger partial charge in [0.15, 0.2) is 17.3 Å². The van der Waals surface area contributed by atoms with Crippen LogP contribution >= 0.6 is 0 Å². The minimum Gasteiger partial charge on any atom is -0.507 e. The van der Waals surface area contributed by atoms with Gasteiger partial charge in [-0.25, -0.2) is 4.79 Å². The molecule has 0 amide bonds. The highest BCUT2D eigenvalue weighted by molar-refractivity contribution is 5.98. The highest BCUT2D eigenvalue weighted by Gasteiger charge is 2.27. The number of esters is 1. The molecule has 0 unspecified atom stereocenters. The highest BCUT2D eigenvalue weighted by atomic mass is 16.5. The normalized spacial score (nSPS) is 25.2. The number of hydrogen-bond donors (Lipinski definition) is 3. The van der Waals surface area contributed by atoms with E-state index in [-0.39, 0.29) is 41.2 Å². The Hall–Kier alpha value is -2.58. The molecular formula is C20H26O8. The first-order valence-corrected chi connectivity index (χ1v) is 9.04. The number of hydrogen-bond acceptors (Lipinski definition) is 8. The van der Waals surface area contributed by atoms with Gasteiger partial charge in [0.2, 0.25) is 0 Å². The van der Waals surface area contributed by atoms with E-state index in [1.54, 1.807) is 6.92 Å². The smallest absolute Gasteiger partial charge is 0.342 e. The van der Waals surface area contributed by atoms with E-state index < -0.39 is 30.1 Å². The van der Waals surface area contributed by atoms with Gasteiger partial charge >= 0.3 is 5.97 Å². The molecular weight excluding hydrogens is 368 g/mol. The van der Waals surface area contributed by atoms with Gasteiger partial charge in [-0.3, -0.25) is 4.79 Å². The zero-order chi connectivity index (χ0) is 20.8. The zero-order valence-corrected chi connectivity index (χ0v) is 16.2. The number of carbonyl (C=O) groups is 2. The van der Waals surface area contributed by atoms with Crippen LogP contribution in [0.2, 0.25) is 0 Å². The molecule has 0 aromatic heterocycles. The quantitative estimate of drug-likeness (QED) is 0.650. The van der Waals surface area contributed by atoms with E-state index >= 15 is 0 Å². The summed E-state index contributed by atoms with van der Waals surface area (Å²) in [4.78, 5) is 24.7. The van der Waals surface area contributed by atoms with E-state index in [1.807, 2.05) is 0 Å². The van der Waals surface area contributed by atoms with Gasteiger partial charge in [0.25, 0.3) is 0 Å². The second kappa shape index (κ2) is 9.57. The summed E-state index contributed by atoms with van der Waals surface area (Å²) in [5.74, 6) is -1.13. The number of aliphatic hydroxyl groups is 2. The molecule has 0 aliphatic carbocycles. The SMILES string of the molecule is COc1cc(O)c2c(c1OC)/C=C/C[C@@H](O)[C@H](O)C(=O)CCC[C@H](C)OC2=O. The summed E-state index contributed by atoms with van der Waals surface area (Å²) in [6.45, 7) is 1.67. The maximum absolute atomic E-state index is 12.7. The fraction of sp³-hybridized carbons (Fsp3) is 0.500. The van der Waals surface area contributed by atoms with Crippen molar-refractivity contribution < 1.29 is 39.1 Å². The molecule has 1 aliphatic rings. The van der Waals surface area contributed by atoms with Crippen LogP contribution < -0.4 is 9.47 Å². The third kappa shape index (κ3) is 4.82. The van der Waals surface area contributed by atoms with Crippen molar-refractivity contribution in [1.29, 1.82) is 0 Å². The van der Waals surface area contributed by atoms with Crippen LogP contribution in [0.25, 0.3) is 6.08 Å². The summed E-state index contributed by atoms with van der Waals surface area (Å²) in [6, 6.07) is 1.26. The van der Waals surface area contributed by atoms with Gasteiger partial charge in [0.1, 0.15) is 17.4 Å². The van der Waals surface area contributed by atoms with Crippen molar-refractivity contribution in [1.82, 2.24) is 0 Å². The summed E-state index contributed by atoms with van der Waals surface area (Å²) in [5, 5.41) is 30.4. The molecule has 1 aliphatic heterocycles. The summed E-state index contributed by atoms with van der Waals surface area (Å²) >= 11 is 0. The van der Waals surface area contributed by atoms with Crippen LogP contribution in [0.4, 0.5) is 0 Å². The topological polar surface area (TPSA) is 123 Å². The first kappa shape index (κ1) is 21.7. The van der Waals surface area contributed by atoms with E-state index in [0.29, 0.717) is 12.8 Å². The van der Waals surface area contributed by atoms with Crippen molar-refractivity contribution in [3.8, 4) is 17.2 Å². The Bertz CT molecular complexity index is 755. The Morgan fingerprint density at radius 1 is 1.18 bits per heavy atom. The van der Waals surface area contributed by atoms with E-state index in [9.17, 15) is 24.9 Å². The number of aliphatic hydroxyl groups excluding tert-OH is 2. The fourth-order valence-electron chi connectivity index (χ4n) is 3.06. The number of fused-ring (bicyclic) bond motifs is 1.